The van der Waals surface area contributed by atoms with E-state index in [0.29, 0.717) is 11.5 Å². The van der Waals surface area contributed by atoms with Gasteiger partial charge in [0.15, 0.2) is 0 Å². The Labute approximate surface area is 112 Å². The molecule has 1 nitrogen and oxygen atoms in total. The van der Waals surface area contributed by atoms with Crippen LogP contribution in [0.2, 0.25) is 0 Å². The van der Waals surface area contributed by atoms with Crippen LogP contribution >= 0.6 is 0 Å². The first-order valence-electron chi connectivity index (χ1n) is 7.25. The summed E-state index contributed by atoms with van der Waals surface area (Å²) in [5, 5.41) is 3.75. The van der Waals surface area contributed by atoms with E-state index in [2.05, 4.69) is 57.3 Å². The van der Waals surface area contributed by atoms with Gasteiger partial charge in [-0.1, -0.05) is 50.6 Å². The molecule has 0 saturated heterocycles. The van der Waals surface area contributed by atoms with Crippen molar-refractivity contribution >= 4 is 0 Å². The van der Waals surface area contributed by atoms with E-state index in [0.717, 1.165) is 18.9 Å². The smallest absolute Gasteiger partial charge is 0.00981 e. The normalized spacial score (nSPS) is 26.4. The molecule has 2 atom stereocenters. The zero-order valence-corrected chi connectivity index (χ0v) is 12.3. The van der Waals surface area contributed by atoms with E-state index < -0.39 is 0 Å². The van der Waals surface area contributed by atoms with E-state index in [4.69, 9.17) is 0 Å². The van der Waals surface area contributed by atoms with Crippen LogP contribution in [0.5, 0.6) is 0 Å². The minimum atomic E-state index is 0.528. The topological polar surface area (TPSA) is 12.0 Å². The van der Waals surface area contributed by atoms with Gasteiger partial charge in [-0.3, -0.25) is 0 Å². The maximum absolute atomic E-state index is 3.75. The van der Waals surface area contributed by atoms with Crippen molar-refractivity contribution in [3.63, 3.8) is 0 Å². The Hall–Kier alpha value is -0.820. The molecule has 100 valence electrons. The highest BCUT2D eigenvalue weighted by atomic mass is 14.9. The molecule has 0 heterocycles. The van der Waals surface area contributed by atoms with Crippen LogP contribution in [0.1, 0.15) is 44.7 Å². The van der Waals surface area contributed by atoms with Gasteiger partial charge in [0.2, 0.25) is 0 Å². The molecular formula is C17H27N. The maximum Gasteiger partial charge on any atom is 0.00981 e. The average molecular weight is 245 g/mol. The molecule has 2 rings (SSSR count). The third-order valence-electron chi connectivity index (χ3n) is 4.24. The molecule has 1 fully saturated rings. The van der Waals surface area contributed by atoms with Gasteiger partial charge in [-0.05, 0) is 49.6 Å². The first-order chi connectivity index (χ1) is 8.46. The van der Waals surface area contributed by atoms with Crippen molar-refractivity contribution in [3.8, 4) is 0 Å². The molecule has 1 aliphatic rings. The lowest BCUT2D eigenvalue weighted by Gasteiger charge is -2.18. The van der Waals surface area contributed by atoms with Crippen molar-refractivity contribution in [2.24, 2.45) is 11.3 Å². The van der Waals surface area contributed by atoms with Gasteiger partial charge >= 0.3 is 0 Å². The first kappa shape index (κ1) is 13.6. The Morgan fingerprint density at radius 3 is 2.67 bits per heavy atom. The van der Waals surface area contributed by atoms with Gasteiger partial charge < -0.3 is 5.32 Å². The second kappa shape index (κ2) is 5.44. The molecule has 1 aliphatic carbocycles. The summed E-state index contributed by atoms with van der Waals surface area (Å²) in [5.41, 5.74) is 3.34. The van der Waals surface area contributed by atoms with Gasteiger partial charge in [0.1, 0.15) is 0 Å². The van der Waals surface area contributed by atoms with Crippen molar-refractivity contribution in [2.75, 3.05) is 6.54 Å². The van der Waals surface area contributed by atoms with E-state index in [9.17, 15) is 0 Å². The SMILES string of the molecule is Cc1cccc(CCNC2CC(C)(C)CC2C)c1. The van der Waals surface area contributed by atoms with Crippen molar-refractivity contribution in [1.82, 2.24) is 5.32 Å². The largest absolute Gasteiger partial charge is 0.313 e. The van der Waals surface area contributed by atoms with Crippen LogP contribution in [0.3, 0.4) is 0 Å². The van der Waals surface area contributed by atoms with Crippen molar-refractivity contribution < 1.29 is 0 Å². The van der Waals surface area contributed by atoms with Gasteiger partial charge in [-0.2, -0.15) is 0 Å². The maximum atomic E-state index is 3.75. The number of nitrogens with one attached hydrogen (secondary N) is 1. The summed E-state index contributed by atoms with van der Waals surface area (Å²) in [5.74, 6) is 0.817. The Balaban J connectivity index is 1.79. The third kappa shape index (κ3) is 3.58. The lowest BCUT2D eigenvalue weighted by atomic mass is 9.91. The summed E-state index contributed by atoms with van der Waals surface area (Å²) in [7, 11) is 0. The van der Waals surface area contributed by atoms with Crippen molar-refractivity contribution in [3.05, 3.63) is 35.4 Å². The monoisotopic (exact) mass is 245 g/mol. The minimum Gasteiger partial charge on any atom is -0.313 e. The van der Waals surface area contributed by atoms with Crippen LogP contribution < -0.4 is 5.32 Å². The number of benzene rings is 1. The fourth-order valence-corrected chi connectivity index (χ4v) is 3.44. The zero-order valence-electron chi connectivity index (χ0n) is 12.3. The predicted octanol–water partition coefficient (Wildman–Crippen LogP) is 3.95. The highest BCUT2D eigenvalue weighted by Crippen LogP contribution is 2.40. The summed E-state index contributed by atoms with van der Waals surface area (Å²) in [4.78, 5) is 0. The van der Waals surface area contributed by atoms with Crippen molar-refractivity contribution in [2.45, 2.75) is 53.0 Å². The molecule has 1 saturated carbocycles. The predicted molar refractivity (Wildman–Crippen MR) is 78.9 cm³/mol. The molecular weight excluding hydrogens is 218 g/mol. The summed E-state index contributed by atoms with van der Waals surface area (Å²) in [6.45, 7) is 10.4. The van der Waals surface area contributed by atoms with Crippen LogP contribution in [0, 0.1) is 18.3 Å². The molecule has 1 heteroatoms. The lowest BCUT2D eigenvalue weighted by molar-refractivity contribution is 0.362. The second-order valence-electron chi connectivity index (χ2n) is 6.85. The van der Waals surface area contributed by atoms with Crippen LogP contribution in [0.4, 0.5) is 0 Å². The summed E-state index contributed by atoms with van der Waals surface area (Å²) >= 11 is 0. The summed E-state index contributed by atoms with van der Waals surface area (Å²) < 4.78 is 0. The molecule has 0 spiro atoms. The minimum absolute atomic E-state index is 0.528. The van der Waals surface area contributed by atoms with Crippen LogP contribution in [0.15, 0.2) is 24.3 Å². The van der Waals surface area contributed by atoms with E-state index in [1.807, 2.05) is 0 Å². The highest BCUT2D eigenvalue weighted by molar-refractivity contribution is 5.22. The fourth-order valence-electron chi connectivity index (χ4n) is 3.44. The Morgan fingerprint density at radius 1 is 1.28 bits per heavy atom. The van der Waals surface area contributed by atoms with Crippen LogP contribution in [-0.2, 0) is 6.42 Å². The van der Waals surface area contributed by atoms with Gasteiger partial charge in [-0.25, -0.2) is 0 Å². The van der Waals surface area contributed by atoms with Gasteiger partial charge in [0.05, 0.1) is 0 Å². The number of hydrogen-bond acceptors (Lipinski definition) is 1. The molecule has 0 radical (unpaired) electrons. The van der Waals surface area contributed by atoms with Crippen LogP contribution in [-0.4, -0.2) is 12.6 Å². The molecule has 0 aliphatic heterocycles. The van der Waals surface area contributed by atoms with Crippen LogP contribution in [0.25, 0.3) is 0 Å². The van der Waals surface area contributed by atoms with Gasteiger partial charge in [-0.15, -0.1) is 0 Å². The van der Waals surface area contributed by atoms with Gasteiger partial charge in [0, 0.05) is 6.04 Å². The molecule has 1 aromatic rings. The summed E-state index contributed by atoms with van der Waals surface area (Å²) in [6.07, 6.45) is 3.82. The fraction of sp³-hybridized carbons (Fsp3) is 0.647. The number of hydrogen-bond donors (Lipinski definition) is 1. The number of rotatable bonds is 4. The molecule has 0 aromatic heterocycles. The molecule has 2 unspecified atom stereocenters. The van der Waals surface area contributed by atoms with E-state index in [-0.39, 0.29) is 0 Å². The molecule has 18 heavy (non-hydrogen) atoms. The van der Waals surface area contributed by atoms with Gasteiger partial charge in [0.25, 0.3) is 0 Å². The highest BCUT2D eigenvalue weighted by Gasteiger charge is 2.35. The Bertz CT molecular complexity index is 394. The molecule has 1 N–H and O–H groups in total. The van der Waals surface area contributed by atoms with Crippen molar-refractivity contribution in [1.29, 1.82) is 0 Å². The first-order valence-corrected chi connectivity index (χ1v) is 7.25. The second-order valence-corrected chi connectivity index (χ2v) is 6.85. The van der Waals surface area contributed by atoms with E-state index in [1.54, 1.807) is 0 Å². The lowest BCUT2D eigenvalue weighted by Crippen LogP contribution is -2.33. The molecule has 0 amide bonds. The zero-order chi connectivity index (χ0) is 13.2. The number of aryl methyl sites for hydroxylation is 1. The Morgan fingerprint density at radius 2 is 2.06 bits per heavy atom. The molecule has 1 aromatic carbocycles. The Kier molecular flexibility index (Phi) is 4.11. The average Bonchev–Trinajstić information content (AvgIpc) is 2.52. The molecule has 0 bridgehead atoms. The third-order valence-corrected chi connectivity index (χ3v) is 4.24. The van der Waals surface area contributed by atoms with E-state index in [1.165, 1.54) is 24.0 Å². The quantitative estimate of drug-likeness (QED) is 0.847. The van der Waals surface area contributed by atoms with E-state index >= 15 is 0 Å². The summed E-state index contributed by atoms with van der Waals surface area (Å²) in [6, 6.07) is 9.56. The standard InChI is InChI=1S/C17H27N/c1-13-6-5-7-15(10-13)8-9-18-16-12-17(3,4)11-14(16)2/h5-7,10,14,16,18H,8-9,11-12H2,1-4H3.